The van der Waals surface area contributed by atoms with Crippen molar-refractivity contribution in [1.82, 2.24) is 20.2 Å². The third-order valence-electron chi connectivity index (χ3n) is 6.33. The summed E-state index contributed by atoms with van der Waals surface area (Å²) in [6.07, 6.45) is 5.09. The average molecular weight is 378 g/mol. The van der Waals surface area contributed by atoms with Gasteiger partial charge in [-0.3, -0.25) is 4.79 Å². The van der Waals surface area contributed by atoms with E-state index in [2.05, 4.69) is 10.3 Å². The number of amides is 1. The molecule has 1 aromatic carbocycles. The number of likely N-dealkylation sites (tertiary alicyclic amines) is 1. The number of carbonyl (C=O) groups excluding carboxylic acids is 1. The number of hydrogen-bond donors (Lipinski definition) is 1. The number of nitrogens with zero attached hydrogens (tertiary/aromatic N) is 3. The van der Waals surface area contributed by atoms with Gasteiger partial charge in [0.2, 0.25) is 5.91 Å². The fourth-order valence-electron chi connectivity index (χ4n) is 4.50. The number of rotatable bonds is 3. The van der Waals surface area contributed by atoms with Gasteiger partial charge in [-0.15, -0.1) is 0 Å². The number of aromatic nitrogens is 2. The molecule has 0 radical (unpaired) electrons. The molecule has 0 unspecified atom stereocenters. The number of benzene rings is 1. The highest BCUT2D eigenvalue weighted by Gasteiger charge is 2.43. The Balaban J connectivity index is 1.36. The van der Waals surface area contributed by atoms with Crippen LogP contribution in [0.5, 0.6) is 0 Å². The molecule has 6 nitrogen and oxygen atoms in total. The van der Waals surface area contributed by atoms with E-state index in [9.17, 15) is 4.79 Å². The van der Waals surface area contributed by atoms with Gasteiger partial charge in [0.1, 0.15) is 5.60 Å². The van der Waals surface area contributed by atoms with E-state index in [1.165, 1.54) is 5.56 Å². The molecule has 146 valence electrons. The van der Waals surface area contributed by atoms with Crippen LogP contribution in [0.4, 0.5) is 0 Å². The first-order valence-electron chi connectivity index (χ1n) is 10.3. The molecule has 2 aromatic rings. The van der Waals surface area contributed by atoms with Gasteiger partial charge in [0.25, 0.3) is 0 Å². The highest BCUT2D eigenvalue weighted by atomic mass is 16.5. The van der Waals surface area contributed by atoms with Gasteiger partial charge in [-0.25, -0.2) is 9.97 Å². The lowest BCUT2D eigenvalue weighted by Gasteiger charge is -2.44. The van der Waals surface area contributed by atoms with Gasteiger partial charge in [0, 0.05) is 31.3 Å². The van der Waals surface area contributed by atoms with E-state index in [-0.39, 0.29) is 11.5 Å². The molecular formula is C22H26N4O2. The van der Waals surface area contributed by atoms with Crippen LogP contribution in [-0.2, 0) is 21.6 Å². The van der Waals surface area contributed by atoms with Crippen LogP contribution in [0.2, 0.25) is 0 Å². The fraction of sp³-hybridized carbons (Fsp3) is 0.500. The average Bonchev–Trinajstić information content (AvgIpc) is 2.72. The third kappa shape index (κ3) is 3.20. The smallest absolute Gasteiger partial charge is 0.222 e. The minimum atomic E-state index is -0.380. The molecule has 1 N–H and O–H groups in total. The van der Waals surface area contributed by atoms with E-state index in [1.807, 2.05) is 41.4 Å². The standard InChI is InChI=1S/C22H26N4O2/c27-19(12-16-13-23-14-16)26-9-7-22(8-10-26)20-18(6-11-28-22)15-24-21(25-20)17-4-2-1-3-5-17/h1-5,15-16,23H,6-14H2. The molecular weight excluding hydrogens is 352 g/mol. The second-order valence-electron chi connectivity index (χ2n) is 8.14. The van der Waals surface area contributed by atoms with Gasteiger partial charge in [0.05, 0.1) is 12.3 Å². The molecule has 2 fully saturated rings. The van der Waals surface area contributed by atoms with Crippen LogP contribution in [0.1, 0.15) is 30.5 Å². The number of piperidine rings is 1. The van der Waals surface area contributed by atoms with E-state index < -0.39 is 0 Å². The Bertz CT molecular complexity index is 858. The number of ether oxygens (including phenoxy) is 1. The van der Waals surface area contributed by atoms with Crippen molar-refractivity contribution in [2.24, 2.45) is 5.92 Å². The number of nitrogens with one attached hydrogen (secondary N) is 1. The Labute approximate surface area is 165 Å². The molecule has 5 rings (SSSR count). The molecule has 28 heavy (non-hydrogen) atoms. The predicted molar refractivity (Wildman–Crippen MR) is 106 cm³/mol. The molecule has 0 saturated carbocycles. The summed E-state index contributed by atoms with van der Waals surface area (Å²) < 4.78 is 6.33. The summed E-state index contributed by atoms with van der Waals surface area (Å²) in [5.41, 5.74) is 2.86. The highest BCUT2D eigenvalue weighted by molar-refractivity contribution is 5.76. The van der Waals surface area contributed by atoms with Crippen LogP contribution in [0.25, 0.3) is 11.4 Å². The first-order chi connectivity index (χ1) is 13.7. The van der Waals surface area contributed by atoms with E-state index >= 15 is 0 Å². The molecule has 1 spiro atoms. The molecule has 3 aliphatic heterocycles. The molecule has 1 amide bonds. The monoisotopic (exact) mass is 378 g/mol. The number of fused-ring (bicyclic) bond motifs is 2. The van der Waals surface area contributed by atoms with Crippen LogP contribution in [-0.4, -0.2) is 53.6 Å². The van der Waals surface area contributed by atoms with Crippen molar-refractivity contribution >= 4 is 5.91 Å². The lowest BCUT2D eigenvalue weighted by molar-refractivity contribution is -0.142. The molecule has 6 heteroatoms. The summed E-state index contributed by atoms with van der Waals surface area (Å²) in [5, 5.41) is 3.24. The molecule has 2 saturated heterocycles. The van der Waals surface area contributed by atoms with Crippen LogP contribution in [0.15, 0.2) is 36.5 Å². The molecule has 0 bridgehead atoms. The van der Waals surface area contributed by atoms with E-state index in [0.717, 1.165) is 62.5 Å². The first-order valence-corrected chi connectivity index (χ1v) is 10.3. The highest BCUT2D eigenvalue weighted by Crippen LogP contribution is 2.41. The summed E-state index contributed by atoms with van der Waals surface area (Å²) in [5.74, 6) is 1.54. The van der Waals surface area contributed by atoms with Crippen molar-refractivity contribution < 1.29 is 9.53 Å². The Kier molecular flexibility index (Phi) is 4.61. The summed E-state index contributed by atoms with van der Waals surface area (Å²) in [4.78, 5) is 24.2. The summed E-state index contributed by atoms with van der Waals surface area (Å²) >= 11 is 0. The van der Waals surface area contributed by atoms with E-state index in [0.29, 0.717) is 18.9 Å². The maximum atomic E-state index is 12.6. The Morgan fingerprint density at radius 1 is 1.21 bits per heavy atom. The minimum absolute atomic E-state index is 0.282. The van der Waals surface area contributed by atoms with Gasteiger partial charge >= 0.3 is 0 Å². The van der Waals surface area contributed by atoms with Crippen molar-refractivity contribution in [3.63, 3.8) is 0 Å². The fourth-order valence-corrected chi connectivity index (χ4v) is 4.50. The quantitative estimate of drug-likeness (QED) is 0.886. The lowest BCUT2D eigenvalue weighted by atomic mass is 9.83. The van der Waals surface area contributed by atoms with Gasteiger partial charge in [-0.05, 0) is 43.8 Å². The second-order valence-corrected chi connectivity index (χ2v) is 8.14. The van der Waals surface area contributed by atoms with Crippen molar-refractivity contribution in [3.8, 4) is 11.4 Å². The van der Waals surface area contributed by atoms with E-state index in [4.69, 9.17) is 9.72 Å². The first kappa shape index (κ1) is 17.8. The van der Waals surface area contributed by atoms with Crippen LogP contribution >= 0.6 is 0 Å². The number of hydrogen-bond acceptors (Lipinski definition) is 5. The Hall–Kier alpha value is -2.31. The summed E-state index contributed by atoms with van der Waals surface area (Å²) in [6, 6.07) is 10.1. The largest absolute Gasteiger partial charge is 0.368 e. The predicted octanol–water partition coefficient (Wildman–Crippen LogP) is 2.14. The molecule has 1 aromatic heterocycles. The number of carbonyl (C=O) groups is 1. The summed E-state index contributed by atoms with van der Waals surface area (Å²) in [7, 11) is 0. The van der Waals surface area contributed by atoms with Crippen LogP contribution in [0.3, 0.4) is 0 Å². The van der Waals surface area contributed by atoms with Gasteiger partial charge < -0.3 is 15.0 Å². The Morgan fingerprint density at radius 3 is 2.71 bits per heavy atom. The SMILES string of the molecule is O=C(CC1CNC1)N1CCC2(CC1)OCCc1cnc(-c3ccccc3)nc12. The third-order valence-corrected chi connectivity index (χ3v) is 6.33. The molecule has 3 aliphatic rings. The Morgan fingerprint density at radius 2 is 2.00 bits per heavy atom. The van der Waals surface area contributed by atoms with Crippen LogP contribution in [0, 0.1) is 5.92 Å². The molecule has 4 heterocycles. The zero-order valence-electron chi connectivity index (χ0n) is 16.1. The maximum Gasteiger partial charge on any atom is 0.222 e. The topological polar surface area (TPSA) is 67.4 Å². The molecule has 0 aliphatic carbocycles. The van der Waals surface area contributed by atoms with Crippen molar-refractivity contribution in [2.75, 3.05) is 32.8 Å². The normalized spacial score (nSPS) is 21.2. The van der Waals surface area contributed by atoms with Crippen molar-refractivity contribution in [3.05, 3.63) is 47.8 Å². The van der Waals surface area contributed by atoms with Gasteiger partial charge in [0.15, 0.2) is 5.82 Å². The summed E-state index contributed by atoms with van der Waals surface area (Å²) in [6.45, 7) is 4.12. The van der Waals surface area contributed by atoms with E-state index in [1.54, 1.807) is 0 Å². The zero-order valence-corrected chi connectivity index (χ0v) is 16.1. The maximum absolute atomic E-state index is 12.6. The van der Waals surface area contributed by atoms with Crippen molar-refractivity contribution in [2.45, 2.75) is 31.3 Å². The van der Waals surface area contributed by atoms with Crippen LogP contribution < -0.4 is 5.32 Å². The van der Waals surface area contributed by atoms with Crippen molar-refractivity contribution in [1.29, 1.82) is 0 Å². The van der Waals surface area contributed by atoms with Gasteiger partial charge in [-0.1, -0.05) is 30.3 Å². The van der Waals surface area contributed by atoms with Gasteiger partial charge in [-0.2, -0.15) is 0 Å². The second kappa shape index (κ2) is 7.26. The minimum Gasteiger partial charge on any atom is -0.368 e. The lowest BCUT2D eigenvalue weighted by Crippen LogP contribution is -2.50. The zero-order chi connectivity index (χ0) is 19.0. The molecule has 0 atom stereocenters.